The second-order valence-corrected chi connectivity index (χ2v) is 9.13. The minimum atomic E-state index is -0.451. The molecule has 3 N–H and O–H groups in total. The molecule has 0 spiro atoms. The minimum absolute atomic E-state index is 0.0246. The first-order valence-corrected chi connectivity index (χ1v) is 11.8. The van der Waals surface area contributed by atoms with Gasteiger partial charge in [-0.1, -0.05) is 12.1 Å². The lowest BCUT2D eigenvalue weighted by molar-refractivity contribution is -0.0160. The first kappa shape index (κ1) is 23.1. The van der Waals surface area contributed by atoms with Gasteiger partial charge in [-0.05, 0) is 43.9 Å². The van der Waals surface area contributed by atoms with Crippen molar-refractivity contribution in [1.29, 1.82) is 0 Å². The van der Waals surface area contributed by atoms with E-state index in [1.165, 1.54) is 12.1 Å². The summed E-state index contributed by atoms with van der Waals surface area (Å²) in [5, 5.41) is 10.2. The maximum Gasteiger partial charge on any atom is 0.319 e. The monoisotopic (exact) mass is 480 g/mol. The van der Waals surface area contributed by atoms with Crippen LogP contribution in [0.1, 0.15) is 31.2 Å². The first-order valence-electron chi connectivity index (χ1n) is 11.8. The van der Waals surface area contributed by atoms with E-state index in [-0.39, 0.29) is 31.5 Å². The van der Waals surface area contributed by atoms with E-state index in [1.807, 2.05) is 43.3 Å². The van der Waals surface area contributed by atoms with Crippen molar-refractivity contribution >= 4 is 34.4 Å². The number of carbonyl (C=O) groups is 1. The molecule has 5 rings (SSSR count). The molecule has 0 saturated heterocycles. The first-order chi connectivity index (χ1) is 17.0. The normalized spacial score (nSPS) is 19.4. The van der Waals surface area contributed by atoms with E-state index in [0.29, 0.717) is 22.9 Å². The van der Waals surface area contributed by atoms with Crippen molar-refractivity contribution in [1.82, 2.24) is 15.3 Å². The zero-order valence-electron chi connectivity index (χ0n) is 19.8. The maximum atomic E-state index is 13.9. The van der Waals surface area contributed by atoms with Gasteiger partial charge in [0.1, 0.15) is 11.6 Å². The fraction of sp³-hybridized carbons (Fsp3) is 0.400. The van der Waals surface area contributed by atoms with E-state index in [0.717, 1.165) is 42.4 Å². The summed E-state index contributed by atoms with van der Waals surface area (Å²) in [5.74, 6) is 1.49. The number of para-hydroxylation sites is 1. The van der Waals surface area contributed by atoms with Crippen molar-refractivity contribution in [3.63, 3.8) is 0 Å². The zero-order valence-corrected chi connectivity index (χ0v) is 19.8. The van der Waals surface area contributed by atoms with Crippen LogP contribution >= 0.6 is 0 Å². The van der Waals surface area contributed by atoms with Gasteiger partial charge in [0.15, 0.2) is 12.5 Å². The summed E-state index contributed by atoms with van der Waals surface area (Å²) in [7, 11) is 3.94. The van der Waals surface area contributed by atoms with Crippen LogP contribution in [0.15, 0.2) is 36.4 Å². The number of hydrogen-bond acceptors (Lipinski definition) is 7. The van der Waals surface area contributed by atoms with Gasteiger partial charge in [0.2, 0.25) is 5.95 Å². The third-order valence-electron chi connectivity index (χ3n) is 6.33. The summed E-state index contributed by atoms with van der Waals surface area (Å²) < 4.78 is 24.6. The van der Waals surface area contributed by atoms with Gasteiger partial charge in [-0.3, -0.25) is 0 Å². The Balaban J connectivity index is 1.17. The van der Waals surface area contributed by atoms with Crippen molar-refractivity contribution in [2.75, 3.05) is 36.4 Å². The summed E-state index contributed by atoms with van der Waals surface area (Å²) in [4.78, 5) is 24.0. The zero-order chi connectivity index (χ0) is 24.4. The number of hydrogen-bond donors (Lipinski definition) is 3. The fourth-order valence-electron chi connectivity index (χ4n) is 4.65. The van der Waals surface area contributed by atoms with E-state index in [4.69, 9.17) is 14.5 Å². The number of rotatable bonds is 5. The molecule has 10 heteroatoms. The molecular weight excluding hydrogens is 451 g/mol. The number of aromatic nitrogens is 2. The van der Waals surface area contributed by atoms with Crippen molar-refractivity contribution in [3.05, 3.63) is 47.8 Å². The number of benzene rings is 2. The summed E-state index contributed by atoms with van der Waals surface area (Å²) in [5.41, 5.74) is 1.78. The highest BCUT2D eigenvalue weighted by Crippen LogP contribution is 2.33. The second kappa shape index (κ2) is 9.91. The van der Waals surface area contributed by atoms with Crippen LogP contribution in [0, 0.1) is 5.82 Å². The van der Waals surface area contributed by atoms with E-state index in [1.54, 1.807) is 0 Å². The van der Waals surface area contributed by atoms with Gasteiger partial charge in [0, 0.05) is 43.2 Å². The average Bonchev–Trinajstić information content (AvgIpc) is 2.84. The highest BCUT2D eigenvalue weighted by Gasteiger charge is 2.25. The van der Waals surface area contributed by atoms with Gasteiger partial charge < -0.3 is 30.3 Å². The number of ether oxygens (including phenoxy) is 2. The predicted molar refractivity (Wildman–Crippen MR) is 132 cm³/mol. The Labute approximate surface area is 203 Å². The molecule has 1 aliphatic carbocycles. The molecule has 1 saturated carbocycles. The van der Waals surface area contributed by atoms with Crippen LogP contribution < -0.4 is 25.6 Å². The summed E-state index contributed by atoms with van der Waals surface area (Å²) in [6.45, 7) is 0.320. The van der Waals surface area contributed by atoms with Gasteiger partial charge in [-0.2, -0.15) is 4.98 Å². The Bertz CT molecular complexity index is 1230. The number of carbonyl (C=O) groups excluding carboxylic acids is 1. The van der Waals surface area contributed by atoms with Crippen LogP contribution in [0.2, 0.25) is 0 Å². The predicted octanol–water partition coefficient (Wildman–Crippen LogP) is 4.25. The van der Waals surface area contributed by atoms with E-state index < -0.39 is 5.82 Å². The molecule has 0 radical (unpaired) electrons. The molecule has 1 aromatic heterocycles. The van der Waals surface area contributed by atoms with Crippen LogP contribution in [-0.4, -0.2) is 49.0 Å². The summed E-state index contributed by atoms with van der Waals surface area (Å²) in [6, 6.07) is 10.5. The van der Waals surface area contributed by atoms with Gasteiger partial charge in [0.25, 0.3) is 0 Å². The van der Waals surface area contributed by atoms with Crippen LogP contribution in [-0.2, 0) is 11.3 Å². The lowest BCUT2D eigenvalue weighted by Gasteiger charge is -2.30. The summed E-state index contributed by atoms with van der Waals surface area (Å²) >= 11 is 0. The van der Waals surface area contributed by atoms with Crippen molar-refractivity contribution < 1.29 is 18.7 Å². The molecule has 2 amide bonds. The molecule has 184 valence electrons. The van der Waals surface area contributed by atoms with E-state index >= 15 is 0 Å². The lowest BCUT2D eigenvalue weighted by Crippen LogP contribution is -2.42. The van der Waals surface area contributed by atoms with Gasteiger partial charge in [-0.15, -0.1) is 0 Å². The Hall–Kier alpha value is -3.66. The molecule has 2 heterocycles. The van der Waals surface area contributed by atoms with Crippen LogP contribution in [0.5, 0.6) is 5.75 Å². The molecular formula is C25H29FN6O3. The van der Waals surface area contributed by atoms with Crippen molar-refractivity contribution in [2.45, 2.75) is 44.4 Å². The molecule has 1 fully saturated rings. The van der Waals surface area contributed by atoms with Crippen LogP contribution in [0.3, 0.4) is 0 Å². The minimum Gasteiger partial charge on any atom is -0.465 e. The molecule has 2 aliphatic rings. The maximum absolute atomic E-state index is 13.9. The molecule has 2 aromatic carbocycles. The fourth-order valence-corrected chi connectivity index (χ4v) is 4.65. The highest BCUT2D eigenvalue weighted by molar-refractivity contribution is 5.92. The molecule has 0 bridgehead atoms. The molecule has 9 nitrogen and oxygen atoms in total. The Morgan fingerprint density at radius 1 is 1.09 bits per heavy atom. The largest absolute Gasteiger partial charge is 0.465 e. The number of fused-ring (bicyclic) bond motifs is 2. The number of nitrogens with zero attached hydrogens (tertiary/aromatic N) is 3. The summed E-state index contributed by atoms with van der Waals surface area (Å²) in [6.07, 6.45) is 3.36. The molecule has 35 heavy (non-hydrogen) atoms. The molecule has 3 aromatic rings. The second-order valence-electron chi connectivity index (χ2n) is 9.13. The lowest BCUT2D eigenvalue weighted by atomic mass is 9.91. The highest BCUT2D eigenvalue weighted by atomic mass is 19.1. The number of anilines is 3. The van der Waals surface area contributed by atoms with Crippen molar-refractivity contribution in [3.8, 4) is 5.75 Å². The smallest absolute Gasteiger partial charge is 0.319 e. The standard InChI is InChI=1S/C25H29FN6O3/c1-32(2)23-19-5-3-4-6-20(19)29-24(31-23)27-17-7-9-18(10-8-17)28-25(33)30-21-12-16(26)11-15-13-34-14-35-22(15)21/h3-6,11-12,17-18H,7-10,13-14H2,1-2H3,(H,27,29,31)(H2,28,30,33)/t17-,18+. The number of urea groups is 1. The number of nitrogens with one attached hydrogen (secondary N) is 3. The number of halogens is 1. The Kier molecular flexibility index (Phi) is 6.54. The average molecular weight is 481 g/mol. The van der Waals surface area contributed by atoms with E-state index in [9.17, 15) is 9.18 Å². The Morgan fingerprint density at radius 2 is 1.86 bits per heavy atom. The number of amides is 2. The topological polar surface area (TPSA) is 101 Å². The molecule has 1 aliphatic heterocycles. The van der Waals surface area contributed by atoms with Gasteiger partial charge >= 0.3 is 6.03 Å². The quantitative estimate of drug-likeness (QED) is 0.502. The van der Waals surface area contributed by atoms with Crippen LogP contribution in [0.4, 0.5) is 26.6 Å². The Morgan fingerprint density at radius 3 is 2.66 bits per heavy atom. The van der Waals surface area contributed by atoms with E-state index in [2.05, 4.69) is 20.9 Å². The van der Waals surface area contributed by atoms with Crippen LogP contribution in [0.25, 0.3) is 10.9 Å². The molecule has 0 unspecified atom stereocenters. The third-order valence-corrected chi connectivity index (χ3v) is 6.33. The van der Waals surface area contributed by atoms with Gasteiger partial charge in [-0.25, -0.2) is 14.2 Å². The third kappa shape index (κ3) is 5.22. The SMILES string of the molecule is CN(C)c1nc(N[C@H]2CC[C@@H](NC(=O)Nc3cc(F)cc4c3OCOC4)CC2)nc2ccccc12. The molecule has 0 atom stereocenters. The van der Waals surface area contributed by atoms with Crippen molar-refractivity contribution in [2.24, 2.45) is 0 Å². The van der Waals surface area contributed by atoms with Gasteiger partial charge in [0.05, 0.1) is 17.8 Å².